The van der Waals surface area contributed by atoms with Crippen LogP contribution in [-0.2, 0) is 16.2 Å². The number of hydrogen-bond acceptors (Lipinski definition) is 5. The van der Waals surface area contributed by atoms with E-state index in [1.165, 1.54) is 36.4 Å². The molecule has 0 aliphatic heterocycles. The number of fused-ring (bicyclic) bond motifs is 1. The highest BCUT2D eigenvalue weighted by Crippen LogP contribution is 2.31. The van der Waals surface area contributed by atoms with E-state index >= 15 is 0 Å². The fraction of sp³-hybridized carbons (Fsp3) is 0.0476. The minimum atomic E-state index is -4.54. The molecule has 0 radical (unpaired) electrons. The number of carbonyl (C=O) groups is 1. The molecule has 4 aromatic rings. The molecule has 0 saturated carbocycles. The number of para-hydroxylation sites is 1. The summed E-state index contributed by atoms with van der Waals surface area (Å²) in [5.41, 5.74) is -0.431. The molecule has 4 rings (SSSR count). The van der Waals surface area contributed by atoms with E-state index in [0.717, 1.165) is 24.3 Å². The summed E-state index contributed by atoms with van der Waals surface area (Å²) in [6.45, 7) is 0. The van der Waals surface area contributed by atoms with Crippen LogP contribution in [-0.4, -0.2) is 24.5 Å². The van der Waals surface area contributed by atoms with Crippen LogP contribution in [0, 0.1) is 0 Å². The van der Waals surface area contributed by atoms with Gasteiger partial charge in [0.15, 0.2) is 5.58 Å². The molecule has 1 aromatic heterocycles. The molecule has 32 heavy (non-hydrogen) atoms. The first-order valence-corrected chi connectivity index (χ1v) is 10.5. The normalized spacial score (nSPS) is 12.1. The Hall–Kier alpha value is -3.86. The number of sulfonamides is 1. The van der Waals surface area contributed by atoms with E-state index in [9.17, 15) is 31.5 Å². The second-order valence-corrected chi connectivity index (χ2v) is 8.37. The number of benzene rings is 3. The van der Waals surface area contributed by atoms with Gasteiger partial charge in [0.05, 0.1) is 10.5 Å². The average molecular weight is 462 g/mol. The predicted molar refractivity (Wildman–Crippen MR) is 109 cm³/mol. The van der Waals surface area contributed by atoms with Crippen LogP contribution in [0.1, 0.15) is 15.9 Å². The van der Waals surface area contributed by atoms with Crippen molar-refractivity contribution < 1.29 is 35.9 Å². The highest BCUT2D eigenvalue weighted by Gasteiger charge is 2.30. The largest absolute Gasteiger partial charge is 0.478 e. The van der Waals surface area contributed by atoms with Crippen LogP contribution in [0.15, 0.2) is 76.0 Å². The number of carboxylic acids is 1. The van der Waals surface area contributed by atoms with E-state index in [1.807, 2.05) is 0 Å². The number of halogens is 3. The monoisotopic (exact) mass is 462 g/mol. The number of aromatic nitrogens is 1. The van der Waals surface area contributed by atoms with Crippen molar-refractivity contribution in [2.75, 3.05) is 4.72 Å². The summed E-state index contributed by atoms with van der Waals surface area (Å²) in [5, 5.41) is 9.28. The molecule has 0 aliphatic rings. The summed E-state index contributed by atoms with van der Waals surface area (Å²) in [5.74, 6) is -1.18. The second-order valence-electron chi connectivity index (χ2n) is 6.69. The Kier molecular flexibility index (Phi) is 5.13. The minimum Gasteiger partial charge on any atom is -0.478 e. The Morgan fingerprint density at radius 3 is 2.34 bits per heavy atom. The number of hydrogen-bond donors (Lipinski definition) is 2. The van der Waals surface area contributed by atoms with Gasteiger partial charge in [0.25, 0.3) is 10.0 Å². The maximum atomic E-state index is 12.7. The van der Waals surface area contributed by atoms with Crippen LogP contribution >= 0.6 is 0 Å². The van der Waals surface area contributed by atoms with E-state index in [2.05, 4.69) is 9.71 Å². The van der Waals surface area contributed by atoms with Gasteiger partial charge in [-0.25, -0.2) is 18.2 Å². The molecule has 0 aliphatic carbocycles. The number of nitrogens with zero attached hydrogens (tertiary/aromatic N) is 1. The summed E-state index contributed by atoms with van der Waals surface area (Å²) in [7, 11) is -4.14. The van der Waals surface area contributed by atoms with Gasteiger partial charge in [0.1, 0.15) is 11.1 Å². The number of rotatable bonds is 5. The smallest absolute Gasteiger partial charge is 0.416 e. The molecule has 2 N–H and O–H groups in total. The average Bonchev–Trinajstić information content (AvgIpc) is 3.17. The molecule has 0 saturated heterocycles. The lowest BCUT2D eigenvalue weighted by Crippen LogP contribution is -2.13. The molecular weight excluding hydrogens is 449 g/mol. The standard InChI is InChI=1S/C21H13F3N2O5S/c22-21(23,24)13-7-9-14(10-8-13)26-32(29,30)15-4-1-3-12(11-15)19-25-17-6-2-5-16(20(27)28)18(17)31-19/h1-11,26H,(H,27,28). The maximum Gasteiger partial charge on any atom is 0.416 e. The van der Waals surface area contributed by atoms with Gasteiger partial charge in [0.2, 0.25) is 5.89 Å². The van der Waals surface area contributed by atoms with Crippen LogP contribution in [0.25, 0.3) is 22.6 Å². The van der Waals surface area contributed by atoms with Crippen LogP contribution in [0.3, 0.4) is 0 Å². The Bertz CT molecular complexity index is 1430. The summed E-state index contributed by atoms with van der Waals surface area (Å²) >= 11 is 0. The molecule has 1 heterocycles. The Morgan fingerprint density at radius 2 is 1.69 bits per heavy atom. The van der Waals surface area contributed by atoms with E-state index in [0.29, 0.717) is 0 Å². The maximum absolute atomic E-state index is 12.7. The van der Waals surface area contributed by atoms with E-state index in [1.54, 1.807) is 6.07 Å². The fourth-order valence-corrected chi connectivity index (χ4v) is 4.08. The van der Waals surface area contributed by atoms with Crippen LogP contribution in [0.2, 0.25) is 0 Å². The Balaban J connectivity index is 1.66. The van der Waals surface area contributed by atoms with Crippen molar-refractivity contribution >= 4 is 32.8 Å². The van der Waals surface area contributed by atoms with E-state index in [4.69, 9.17) is 4.42 Å². The van der Waals surface area contributed by atoms with Crippen molar-refractivity contribution in [3.8, 4) is 11.5 Å². The Labute approximate surface area is 179 Å². The van der Waals surface area contributed by atoms with Crippen molar-refractivity contribution in [1.82, 2.24) is 4.98 Å². The van der Waals surface area contributed by atoms with Gasteiger partial charge >= 0.3 is 12.1 Å². The molecule has 7 nitrogen and oxygen atoms in total. The molecule has 0 bridgehead atoms. The van der Waals surface area contributed by atoms with Crippen molar-refractivity contribution in [3.05, 3.63) is 77.9 Å². The minimum absolute atomic E-state index is 0.0141. The van der Waals surface area contributed by atoms with Crippen molar-refractivity contribution in [1.29, 1.82) is 0 Å². The zero-order valence-electron chi connectivity index (χ0n) is 15.9. The molecule has 0 fully saturated rings. The Morgan fingerprint density at radius 1 is 1.00 bits per heavy atom. The van der Waals surface area contributed by atoms with Crippen molar-refractivity contribution in [2.24, 2.45) is 0 Å². The number of oxazole rings is 1. The predicted octanol–water partition coefficient (Wildman–Crippen LogP) is 5.01. The third-order valence-electron chi connectivity index (χ3n) is 4.50. The molecule has 0 unspecified atom stereocenters. The van der Waals surface area contributed by atoms with Gasteiger partial charge in [-0.1, -0.05) is 12.1 Å². The fourth-order valence-electron chi connectivity index (χ4n) is 2.98. The SMILES string of the molecule is O=C(O)c1cccc2nc(-c3cccc(S(=O)(=O)Nc4ccc(C(F)(F)F)cc4)c3)oc12. The number of anilines is 1. The van der Waals surface area contributed by atoms with E-state index < -0.39 is 27.7 Å². The van der Waals surface area contributed by atoms with Gasteiger partial charge in [-0.3, -0.25) is 4.72 Å². The first-order valence-electron chi connectivity index (χ1n) is 8.98. The number of carboxylic acid groups (broad SMARTS) is 1. The zero-order chi connectivity index (χ0) is 23.1. The van der Waals surface area contributed by atoms with Gasteiger partial charge in [0, 0.05) is 11.3 Å². The summed E-state index contributed by atoms with van der Waals surface area (Å²) < 4.78 is 71.3. The lowest BCUT2D eigenvalue weighted by atomic mass is 10.2. The number of alkyl halides is 3. The van der Waals surface area contributed by atoms with Crippen LogP contribution in [0.5, 0.6) is 0 Å². The first kappa shape index (κ1) is 21.4. The van der Waals surface area contributed by atoms with Gasteiger partial charge in [-0.05, 0) is 54.6 Å². The third kappa shape index (κ3) is 4.14. The lowest BCUT2D eigenvalue weighted by Gasteiger charge is -2.10. The second kappa shape index (κ2) is 7.68. The topological polar surface area (TPSA) is 109 Å². The summed E-state index contributed by atoms with van der Waals surface area (Å²) in [6.07, 6.45) is -4.54. The van der Waals surface area contributed by atoms with Crippen LogP contribution < -0.4 is 4.72 Å². The highest BCUT2D eigenvalue weighted by molar-refractivity contribution is 7.92. The summed E-state index contributed by atoms with van der Waals surface area (Å²) in [6, 6.07) is 13.5. The molecule has 164 valence electrons. The van der Waals surface area contributed by atoms with Crippen LogP contribution in [0.4, 0.5) is 18.9 Å². The molecule has 11 heteroatoms. The molecular formula is C21H13F3N2O5S. The highest BCUT2D eigenvalue weighted by atomic mass is 32.2. The molecule has 0 spiro atoms. The van der Waals surface area contributed by atoms with Gasteiger partial charge < -0.3 is 9.52 Å². The summed E-state index contributed by atoms with van der Waals surface area (Å²) in [4.78, 5) is 15.4. The lowest BCUT2D eigenvalue weighted by molar-refractivity contribution is -0.137. The van der Waals surface area contributed by atoms with E-state index in [-0.39, 0.29) is 38.7 Å². The quantitative estimate of drug-likeness (QED) is 0.431. The van der Waals surface area contributed by atoms with Gasteiger partial charge in [-0.15, -0.1) is 0 Å². The number of aromatic carboxylic acids is 1. The van der Waals surface area contributed by atoms with Crippen molar-refractivity contribution in [3.63, 3.8) is 0 Å². The third-order valence-corrected chi connectivity index (χ3v) is 5.88. The number of nitrogens with one attached hydrogen (secondary N) is 1. The van der Waals surface area contributed by atoms with Gasteiger partial charge in [-0.2, -0.15) is 13.2 Å². The molecule has 0 amide bonds. The first-order chi connectivity index (χ1) is 15.0. The molecule has 3 aromatic carbocycles. The molecule has 0 atom stereocenters. The van der Waals surface area contributed by atoms with Crippen molar-refractivity contribution in [2.45, 2.75) is 11.1 Å². The zero-order valence-corrected chi connectivity index (χ0v) is 16.7.